The van der Waals surface area contributed by atoms with Crippen LogP contribution in [0.15, 0.2) is 53.0 Å². The van der Waals surface area contributed by atoms with Gasteiger partial charge in [0, 0.05) is 16.1 Å². The molecule has 0 aliphatic rings. The van der Waals surface area contributed by atoms with Crippen LogP contribution < -0.4 is 9.47 Å². The number of methoxy groups -OCH3 is 1. The molecule has 0 N–H and O–H groups in total. The number of rotatable bonds is 7. The van der Waals surface area contributed by atoms with Crippen LogP contribution in [0.4, 0.5) is 0 Å². The Balaban J connectivity index is 1.79. The van der Waals surface area contributed by atoms with Crippen LogP contribution in [0, 0.1) is 6.92 Å². The number of carbonyl (C=O) groups excluding carboxylic acids is 1. The minimum Gasteiger partial charge on any atom is -0.496 e. The molecular formula is C19H19BrO4. The fourth-order valence-electron chi connectivity index (χ4n) is 1.98. The highest BCUT2D eigenvalue weighted by Crippen LogP contribution is 2.24. The van der Waals surface area contributed by atoms with Crippen LogP contribution in [0.1, 0.15) is 11.1 Å². The van der Waals surface area contributed by atoms with Gasteiger partial charge in [0.1, 0.15) is 24.7 Å². The molecule has 0 fully saturated rings. The highest BCUT2D eigenvalue weighted by Gasteiger charge is 2.02. The molecule has 0 aliphatic heterocycles. The van der Waals surface area contributed by atoms with Crippen molar-refractivity contribution >= 4 is 28.0 Å². The maximum absolute atomic E-state index is 11.7. The average molecular weight is 391 g/mol. The van der Waals surface area contributed by atoms with Crippen LogP contribution >= 0.6 is 15.9 Å². The van der Waals surface area contributed by atoms with Crippen molar-refractivity contribution in [1.82, 2.24) is 0 Å². The van der Waals surface area contributed by atoms with Crippen LogP contribution in [0.2, 0.25) is 0 Å². The highest BCUT2D eigenvalue weighted by molar-refractivity contribution is 9.10. The van der Waals surface area contributed by atoms with Crippen molar-refractivity contribution in [2.75, 3.05) is 20.3 Å². The third-order valence-corrected chi connectivity index (χ3v) is 3.70. The van der Waals surface area contributed by atoms with E-state index in [9.17, 15) is 4.79 Å². The first-order valence-electron chi connectivity index (χ1n) is 7.46. The van der Waals surface area contributed by atoms with E-state index in [1.54, 1.807) is 13.2 Å². The average Bonchev–Trinajstić information content (AvgIpc) is 2.58. The van der Waals surface area contributed by atoms with Crippen LogP contribution in [-0.4, -0.2) is 26.3 Å². The normalized spacial score (nSPS) is 10.6. The van der Waals surface area contributed by atoms with Gasteiger partial charge in [-0.15, -0.1) is 0 Å². The minimum absolute atomic E-state index is 0.187. The fraction of sp³-hybridized carbons (Fsp3) is 0.211. The van der Waals surface area contributed by atoms with E-state index in [2.05, 4.69) is 15.9 Å². The second-order valence-corrected chi connectivity index (χ2v) is 5.96. The molecule has 2 rings (SSSR count). The number of aryl methyl sites for hydroxylation is 1. The summed E-state index contributed by atoms with van der Waals surface area (Å²) in [5.41, 5.74) is 1.96. The Morgan fingerprint density at radius 3 is 2.58 bits per heavy atom. The zero-order valence-corrected chi connectivity index (χ0v) is 15.2. The Hall–Kier alpha value is -2.27. The summed E-state index contributed by atoms with van der Waals surface area (Å²) in [5, 5.41) is 0. The monoisotopic (exact) mass is 390 g/mol. The molecule has 5 heteroatoms. The van der Waals surface area contributed by atoms with Gasteiger partial charge in [-0.05, 0) is 43.3 Å². The first-order valence-corrected chi connectivity index (χ1v) is 8.25. The second kappa shape index (κ2) is 9.13. The lowest BCUT2D eigenvalue weighted by Gasteiger charge is -2.07. The number of benzene rings is 2. The number of hydrogen-bond acceptors (Lipinski definition) is 4. The lowest BCUT2D eigenvalue weighted by Crippen LogP contribution is -2.10. The van der Waals surface area contributed by atoms with Crippen LogP contribution in [0.25, 0.3) is 6.08 Å². The van der Waals surface area contributed by atoms with Gasteiger partial charge in [0.2, 0.25) is 0 Å². The Morgan fingerprint density at radius 2 is 1.88 bits per heavy atom. The predicted octanol–water partition coefficient (Wildman–Crippen LogP) is 4.40. The first-order chi connectivity index (χ1) is 11.6. The molecule has 2 aromatic rings. The Labute approximate surface area is 150 Å². The molecule has 0 unspecified atom stereocenters. The smallest absolute Gasteiger partial charge is 0.330 e. The minimum atomic E-state index is -0.426. The predicted molar refractivity (Wildman–Crippen MR) is 97.4 cm³/mol. The van der Waals surface area contributed by atoms with E-state index >= 15 is 0 Å². The fourth-order valence-corrected chi connectivity index (χ4v) is 2.36. The summed E-state index contributed by atoms with van der Waals surface area (Å²) in [6.45, 7) is 2.51. The number of carbonyl (C=O) groups is 1. The van der Waals surface area contributed by atoms with Crippen LogP contribution in [0.3, 0.4) is 0 Å². The molecule has 0 radical (unpaired) electrons. The molecule has 126 valence electrons. The van der Waals surface area contributed by atoms with E-state index in [1.165, 1.54) is 11.6 Å². The maximum Gasteiger partial charge on any atom is 0.330 e. The highest BCUT2D eigenvalue weighted by atomic mass is 79.9. The number of hydrogen-bond donors (Lipinski definition) is 0. The van der Waals surface area contributed by atoms with Gasteiger partial charge >= 0.3 is 5.97 Å². The lowest BCUT2D eigenvalue weighted by molar-refractivity contribution is -0.138. The molecule has 0 spiro atoms. The van der Waals surface area contributed by atoms with Gasteiger partial charge in [-0.2, -0.15) is 0 Å². The van der Waals surface area contributed by atoms with Crippen molar-refractivity contribution in [1.29, 1.82) is 0 Å². The molecule has 24 heavy (non-hydrogen) atoms. The summed E-state index contributed by atoms with van der Waals surface area (Å²) in [6.07, 6.45) is 3.03. The van der Waals surface area contributed by atoms with Crippen LogP contribution in [-0.2, 0) is 9.53 Å². The SMILES string of the molecule is COc1ccc(Br)cc1/C=C/C(=O)OCCOc1ccc(C)cc1. The molecule has 0 amide bonds. The number of ether oxygens (including phenoxy) is 3. The molecule has 0 aromatic heterocycles. The maximum atomic E-state index is 11.7. The van der Waals surface area contributed by atoms with E-state index in [0.29, 0.717) is 12.4 Å². The van der Waals surface area contributed by atoms with E-state index in [4.69, 9.17) is 14.2 Å². The third-order valence-electron chi connectivity index (χ3n) is 3.21. The molecule has 0 aliphatic carbocycles. The van der Waals surface area contributed by atoms with Crippen molar-refractivity contribution < 1.29 is 19.0 Å². The van der Waals surface area contributed by atoms with Crippen LogP contribution in [0.5, 0.6) is 11.5 Å². The summed E-state index contributed by atoms with van der Waals surface area (Å²) in [6, 6.07) is 13.3. The summed E-state index contributed by atoms with van der Waals surface area (Å²) >= 11 is 3.39. The zero-order valence-electron chi connectivity index (χ0n) is 13.6. The largest absolute Gasteiger partial charge is 0.496 e. The molecule has 0 heterocycles. The first kappa shape index (κ1) is 18.1. The van der Waals surface area contributed by atoms with Gasteiger partial charge in [0.15, 0.2) is 0 Å². The molecule has 2 aromatic carbocycles. The van der Waals surface area contributed by atoms with Gasteiger partial charge < -0.3 is 14.2 Å². The zero-order chi connectivity index (χ0) is 17.4. The van der Waals surface area contributed by atoms with Crippen molar-refractivity contribution in [3.8, 4) is 11.5 Å². The van der Waals surface area contributed by atoms with Crippen molar-refractivity contribution in [3.63, 3.8) is 0 Å². The van der Waals surface area contributed by atoms with Crippen molar-refractivity contribution in [2.24, 2.45) is 0 Å². The summed E-state index contributed by atoms with van der Waals surface area (Å²) < 4.78 is 16.8. The molecule has 0 saturated heterocycles. The summed E-state index contributed by atoms with van der Waals surface area (Å²) in [4.78, 5) is 11.7. The number of esters is 1. The standard InChI is InChI=1S/C19H19BrO4/c1-14-3-7-17(8-4-14)23-11-12-24-19(21)10-5-15-13-16(20)6-9-18(15)22-2/h3-10,13H,11-12H2,1-2H3/b10-5+. The Morgan fingerprint density at radius 1 is 1.12 bits per heavy atom. The molecule has 0 saturated carbocycles. The van der Waals surface area contributed by atoms with Gasteiger partial charge in [-0.3, -0.25) is 0 Å². The van der Waals surface area contributed by atoms with Gasteiger partial charge in [-0.1, -0.05) is 33.6 Å². The summed E-state index contributed by atoms with van der Waals surface area (Å²) in [7, 11) is 1.58. The topological polar surface area (TPSA) is 44.8 Å². The van der Waals surface area contributed by atoms with Gasteiger partial charge in [0.25, 0.3) is 0 Å². The molecule has 4 nitrogen and oxygen atoms in total. The van der Waals surface area contributed by atoms with E-state index in [0.717, 1.165) is 15.8 Å². The second-order valence-electron chi connectivity index (χ2n) is 5.05. The third kappa shape index (κ3) is 5.74. The van der Waals surface area contributed by atoms with E-state index in [1.807, 2.05) is 49.4 Å². The van der Waals surface area contributed by atoms with Gasteiger partial charge in [-0.25, -0.2) is 4.79 Å². The Kier molecular flexibility index (Phi) is 6.88. The lowest BCUT2D eigenvalue weighted by atomic mass is 10.2. The van der Waals surface area contributed by atoms with Crippen molar-refractivity contribution in [2.45, 2.75) is 6.92 Å². The van der Waals surface area contributed by atoms with Crippen molar-refractivity contribution in [3.05, 3.63) is 64.1 Å². The molecular weight excluding hydrogens is 372 g/mol. The number of halogens is 1. The molecule has 0 bridgehead atoms. The van der Waals surface area contributed by atoms with E-state index in [-0.39, 0.29) is 6.61 Å². The van der Waals surface area contributed by atoms with E-state index < -0.39 is 5.97 Å². The van der Waals surface area contributed by atoms with Gasteiger partial charge in [0.05, 0.1) is 7.11 Å². The quantitative estimate of drug-likeness (QED) is 0.399. The molecule has 0 atom stereocenters. The Bertz CT molecular complexity index is 708. The summed E-state index contributed by atoms with van der Waals surface area (Å²) in [5.74, 6) is 1.01.